The van der Waals surface area contributed by atoms with Gasteiger partial charge < -0.3 is 5.73 Å². The van der Waals surface area contributed by atoms with Crippen molar-refractivity contribution in [2.24, 2.45) is 0 Å². The standard InChI is InChI=1S/C18H9F2N5S/c19-13-5-4-10(7-14(13)20)16-11(8-21)17(23)25-18(12(16)9-22)26-15-3-1-2-6-24-15/h1-7H,(H2,23,25). The van der Waals surface area contributed by atoms with E-state index in [9.17, 15) is 19.3 Å². The average molecular weight is 365 g/mol. The van der Waals surface area contributed by atoms with Crippen LogP contribution in [0.5, 0.6) is 0 Å². The fraction of sp³-hybridized carbons (Fsp3) is 0. The third-order valence-corrected chi connectivity index (χ3v) is 4.40. The van der Waals surface area contributed by atoms with Crippen molar-refractivity contribution in [2.45, 2.75) is 10.1 Å². The predicted octanol–water partition coefficient (Wildman–Crippen LogP) is 3.90. The van der Waals surface area contributed by atoms with E-state index in [2.05, 4.69) is 9.97 Å². The molecule has 5 nitrogen and oxygen atoms in total. The Kier molecular flexibility index (Phi) is 4.78. The zero-order valence-electron chi connectivity index (χ0n) is 13.1. The van der Waals surface area contributed by atoms with E-state index in [1.165, 1.54) is 6.07 Å². The summed E-state index contributed by atoms with van der Waals surface area (Å²) in [5.74, 6) is -2.23. The summed E-state index contributed by atoms with van der Waals surface area (Å²) in [6.07, 6.45) is 1.58. The second-order valence-corrected chi connectivity index (χ2v) is 6.06. The van der Waals surface area contributed by atoms with Crippen LogP contribution in [0, 0.1) is 34.3 Å². The zero-order chi connectivity index (χ0) is 18.7. The molecule has 0 spiro atoms. The molecule has 8 heteroatoms. The van der Waals surface area contributed by atoms with Crippen molar-refractivity contribution in [3.63, 3.8) is 0 Å². The first-order chi connectivity index (χ1) is 12.5. The summed E-state index contributed by atoms with van der Waals surface area (Å²) in [4.78, 5) is 8.27. The molecule has 0 radical (unpaired) electrons. The molecule has 0 aliphatic carbocycles. The van der Waals surface area contributed by atoms with Crippen LogP contribution in [0.3, 0.4) is 0 Å². The Morgan fingerprint density at radius 2 is 1.77 bits per heavy atom. The van der Waals surface area contributed by atoms with E-state index < -0.39 is 11.6 Å². The zero-order valence-corrected chi connectivity index (χ0v) is 13.9. The SMILES string of the molecule is N#Cc1c(N)nc(Sc2ccccn2)c(C#N)c1-c1ccc(F)c(F)c1. The van der Waals surface area contributed by atoms with Crippen LogP contribution < -0.4 is 5.73 Å². The van der Waals surface area contributed by atoms with Crippen LogP contribution in [0.4, 0.5) is 14.6 Å². The maximum atomic E-state index is 13.7. The van der Waals surface area contributed by atoms with Gasteiger partial charge in [0, 0.05) is 11.8 Å². The number of nitrogens with two attached hydrogens (primary N) is 1. The lowest BCUT2D eigenvalue weighted by atomic mass is 9.97. The maximum absolute atomic E-state index is 13.7. The minimum absolute atomic E-state index is 0.0393. The Bertz CT molecular complexity index is 1070. The van der Waals surface area contributed by atoms with Gasteiger partial charge in [0.2, 0.25) is 0 Å². The van der Waals surface area contributed by atoms with Crippen molar-refractivity contribution in [3.8, 4) is 23.3 Å². The number of pyridine rings is 2. The third kappa shape index (κ3) is 3.18. The Morgan fingerprint density at radius 3 is 2.38 bits per heavy atom. The van der Waals surface area contributed by atoms with Crippen LogP contribution in [0.2, 0.25) is 0 Å². The molecule has 126 valence electrons. The predicted molar refractivity (Wildman–Crippen MR) is 91.8 cm³/mol. The highest BCUT2D eigenvalue weighted by molar-refractivity contribution is 7.99. The van der Waals surface area contributed by atoms with Crippen molar-refractivity contribution in [1.29, 1.82) is 10.5 Å². The monoisotopic (exact) mass is 365 g/mol. The number of hydrogen-bond acceptors (Lipinski definition) is 6. The number of aromatic nitrogens is 2. The van der Waals surface area contributed by atoms with Gasteiger partial charge in [-0.15, -0.1) is 0 Å². The molecule has 26 heavy (non-hydrogen) atoms. The molecule has 0 aliphatic rings. The van der Waals surface area contributed by atoms with Gasteiger partial charge in [-0.05, 0) is 41.6 Å². The van der Waals surface area contributed by atoms with E-state index in [0.29, 0.717) is 5.03 Å². The van der Waals surface area contributed by atoms with Crippen LogP contribution in [-0.2, 0) is 0 Å². The van der Waals surface area contributed by atoms with E-state index in [4.69, 9.17) is 5.73 Å². The summed E-state index contributed by atoms with van der Waals surface area (Å²) in [6, 6.07) is 12.2. The number of anilines is 1. The van der Waals surface area contributed by atoms with Crippen LogP contribution in [0.1, 0.15) is 11.1 Å². The normalized spacial score (nSPS) is 10.2. The van der Waals surface area contributed by atoms with Crippen molar-refractivity contribution >= 4 is 17.6 Å². The van der Waals surface area contributed by atoms with Crippen LogP contribution in [-0.4, -0.2) is 9.97 Å². The third-order valence-electron chi connectivity index (χ3n) is 3.46. The van der Waals surface area contributed by atoms with Crippen molar-refractivity contribution < 1.29 is 8.78 Å². The number of nitrogen functional groups attached to an aromatic ring is 1. The van der Waals surface area contributed by atoms with Gasteiger partial charge in [-0.2, -0.15) is 10.5 Å². The number of benzene rings is 1. The first-order valence-corrected chi connectivity index (χ1v) is 8.04. The highest BCUT2D eigenvalue weighted by Crippen LogP contribution is 2.37. The van der Waals surface area contributed by atoms with Crippen molar-refractivity contribution in [1.82, 2.24) is 9.97 Å². The van der Waals surface area contributed by atoms with Crippen molar-refractivity contribution in [3.05, 3.63) is 65.4 Å². The van der Waals surface area contributed by atoms with Crippen LogP contribution >= 0.6 is 11.8 Å². The largest absolute Gasteiger partial charge is 0.383 e. The van der Waals surface area contributed by atoms with Gasteiger partial charge in [-0.3, -0.25) is 0 Å². The fourth-order valence-electron chi connectivity index (χ4n) is 2.32. The van der Waals surface area contributed by atoms with Gasteiger partial charge in [0.1, 0.15) is 33.6 Å². The smallest absolute Gasteiger partial charge is 0.159 e. The molecule has 1 aromatic carbocycles. The Balaban J connectivity index is 2.26. The quantitative estimate of drug-likeness (QED) is 0.756. The lowest BCUT2D eigenvalue weighted by Crippen LogP contribution is -2.03. The van der Waals surface area contributed by atoms with E-state index >= 15 is 0 Å². The molecule has 2 heterocycles. The van der Waals surface area contributed by atoms with Crippen LogP contribution in [0.15, 0.2) is 52.6 Å². The number of nitriles is 2. The number of nitrogens with zero attached hydrogens (tertiary/aromatic N) is 4. The highest BCUT2D eigenvalue weighted by Gasteiger charge is 2.22. The minimum Gasteiger partial charge on any atom is -0.383 e. The Labute approximate surface area is 151 Å². The molecule has 0 bridgehead atoms. The summed E-state index contributed by atoms with van der Waals surface area (Å²) in [7, 11) is 0. The van der Waals surface area contributed by atoms with Gasteiger partial charge >= 0.3 is 0 Å². The molecule has 0 saturated carbocycles. The molecule has 3 rings (SSSR count). The van der Waals surface area contributed by atoms with E-state index in [1.54, 1.807) is 24.4 Å². The lowest BCUT2D eigenvalue weighted by molar-refractivity contribution is 0.509. The molecule has 0 aliphatic heterocycles. The van der Waals surface area contributed by atoms with E-state index in [-0.39, 0.29) is 33.1 Å². The topological polar surface area (TPSA) is 99.4 Å². The second kappa shape index (κ2) is 7.18. The summed E-state index contributed by atoms with van der Waals surface area (Å²) in [5, 5.41) is 19.8. The fourth-order valence-corrected chi connectivity index (χ4v) is 3.17. The van der Waals surface area contributed by atoms with E-state index in [1.807, 2.05) is 12.1 Å². The van der Waals surface area contributed by atoms with E-state index in [0.717, 1.165) is 23.9 Å². The number of hydrogen-bond donors (Lipinski definition) is 1. The highest BCUT2D eigenvalue weighted by atomic mass is 32.2. The second-order valence-electron chi connectivity index (χ2n) is 5.05. The molecule has 2 N–H and O–H groups in total. The maximum Gasteiger partial charge on any atom is 0.159 e. The summed E-state index contributed by atoms with van der Waals surface area (Å²) < 4.78 is 27.0. The van der Waals surface area contributed by atoms with Gasteiger partial charge in [-0.25, -0.2) is 18.7 Å². The van der Waals surface area contributed by atoms with Gasteiger partial charge in [-0.1, -0.05) is 12.1 Å². The molecule has 0 atom stereocenters. The summed E-state index contributed by atoms with van der Waals surface area (Å²) in [6.45, 7) is 0. The van der Waals surface area contributed by atoms with Gasteiger partial charge in [0.05, 0.1) is 5.56 Å². The molecule has 2 aromatic heterocycles. The lowest BCUT2D eigenvalue weighted by Gasteiger charge is -2.13. The Hall–Kier alpha value is -3.49. The first-order valence-electron chi connectivity index (χ1n) is 7.23. The summed E-state index contributed by atoms with van der Waals surface area (Å²) >= 11 is 1.09. The van der Waals surface area contributed by atoms with Crippen LogP contribution in [0.25, 0.3) is 11.1 Å². The minimum atomic E-state index is -1.09. The molecular weight excluding hydrogens is 356 g/mol. The molecular formula is C18H9F2N5S. The Morgan fingerprint density at radius 1 is 1.00 bits per heavy atom. The number of rotatable bonds is 3. The van der Waals surface area contributed by atoms with Gasteiger partial charge in [0.25, 0.3) is 0 Å². The average Bonchev–Trinajstić information content (AvgIpc) is 2.64. The molecule has 3 aromatic rings. The molecule has 0 unspecified atom stereocenters. The number of halogens is 2. The van der Waals surface area contributed by atoms with Crippen molar-refractivity contribution in [2.75, 3.05) is 5.73 Å². The first kappa shape index (κ1) is 17.3. The molecule has 0 fully saturated rings. The van der Waals surface area contributed by atoms with Gasteiger partial charge in [0.15, 0.2) is 11.6 Å². The molecule has 0 amide bonds. The summed E-state index contributed by atoms with van der Waals surface area (Å²) in [5.41, 5.74) is 6.11. The molecule has 0 saturated heterocycles.